The van der Waals surface area contributed by atoms with Crippen molar-refractivity contribution in [3.63, 3.8) is 0 Å². The highest BCUT2D eigenvalue weighted by atomic mass is 35.5. The first-order chi connectivity index (χ1) is 9.65. The molecule has 0 aliphatic rings. The van der Waals surface area contributed by atoms with Crippen LogP contribution in [0.2, 0.25) is 10.0 Å². The van der Waals surface area contributed by atoms with E-state index in [1.165, 1.54) is 0 Å². The summed E-state index contributed by atoms with van der Waals surface area (Å²) in [5.41, 5.74) is 1.40. The Morgan fingerprint density at radius 3 is 2.65 bits per heavy atom. The van der Waals surface area contributed by atoms with Gasteiger partial charge in [0.25, 0.3) is 0 Å². The van der Waals surface area contributed by atoms with E-state index in [1.807, 2.05) is 24.3 Å². The molecule has 0 amide bonds. The third-order valence-corrected chi connectivity index (χ3v) is 3.94. The van der Waals surface area contributed by atoms with Gasteiger partial charge < -0.3 is 4.42 Å². The quantitative estimate of drug-likeness (QED) is 0.625. The molecule has 2 nitrogen and oxygen atoms in total. The molecule has 1 heterocycles. The molecule has 3 aromatic rings. The van der Waals surface area contributed by atoms with Gasteiger partial charge in [-0.25, -0.2) is 0 Å². The standard InChI is InChI=1S/C16H10Cl2O2/c17-12-6-3-5-11(16(12)18)8-13(19)15-9-10-4-1-2-7-14(10)20-15/h1-7,9H,8H2. The smallest absolute Gasteiger partial charge is 0.202 e. The molecule has 0 aliphatic carbocycles. The highest BCUT2D eigenvalue weighted by Crippen LogP contribution is 2.27. The molecule has 2 aromatic carbocycles. The van der Waals surface area contributed by atoms with E-state index >= 15 is 0 Å². The van der Waals surface area contributed by atoms with Gasteiger partial charge in [0.1, 0.15) is 5.58 Å². The summed E-state index contributed by atoms with van der Waals surface area (Å²) in [4.78, 5) is 12.3. The van der Waals surface area contributed by atoms with Crippen LogP contribution in [0.4, 0.5) is 0 Å². The number of benzene rings is 2. The number of para-hydroxylation sites is 1. The van der Waals surface area contributed by atoms with Crippen LogP contribution in [0, 0.1) is 0 Å². The number of fused-ring (bicyclic) bond motifs is 1. The molecule has 0 radical (unpaired) electrons. The van der Waals surface area contributed by atoms with Crippen molar-refractivity contribution >= 4 is 40.0 Å². The van der Waals surface area contributed by atoms with Crippen molar-refractivity contribution in [1.29, 1.82) is 0 Å². The van der Waals surface area contributed by atoms with E-state index in [9.17, 15) is 4.79 Å². The van der Waals surface area contributed by atoms with E-state index in [1.54, 1.807) is 24.3 Å². The van der Waals surface area contributed by atoms with Crippen molar-refractivity contribution in [2.75, 3.05) is 0 Å². The van der Waals surface area contributed by atoms with Crippen molar-refractivity contribution in [3.8, 4) is 0 Å². The first-order valence-electron chi connectivity index (χ1n) is 6.10. The van der Waals surface area contributed by atoms with Crippen LogP contribution < -0.4 is 0 Å². The van der Waals surface area contributed by atoms with Gasteiger partial charge in [0, 0.05) is 11.8 Å². The lowest BCUT2D eigenvalue weighted by atomic mass is 10.1. The number of hydrogen-bond acceptors (Lipinski definition) is 2. The largest absolute Gasteiger partial charge is 0.453 e. The van der Waals surface area contributed by atoms with Gasteiger partial charge in [-0.15, -0.1) is 0 Å². The molecule has 0 atom stereocenters. The fraction of sp³-hybridized carbons (Fsp3) is 0.0625. The minimum Gasteiger partial charge on any atom is -0.453 e. The van der Waals surface area contributed by atoms with Crippen molar-refractivity contribution < 1.29 is 9.21 Å². The molecule has 20 heavy (non-hydrogen) atoms. The van der Waals surface area contributed by atoms with E-state index in [2.05, 4.69) is 0 Å². The summed E-state index contributed by atoms with van der Waals surface area (Å²) in [5.74, 6) is 0.215. The van der Waals surface area contributed by atoms with Gasteiger partial charge in [0.05, 0.1) is 10.0 Å². The average molecular weight is 305 g/mol. The van der Waals surface area contributed by atoms with Gasteiger partial charge in [0.2, 0.25) is 5.78 Å². The van der Waals surface area contributed by atoms with E-state index < -0.39 is 0 Å². The lowest BCUT2D eigenvalue weighted by molar-refractivity contribution is 0.0968. The summed E-state index contributed by atoms with van der Waals surface area (Å²) in [5, 5.41) is 1.77. The third kappa shape index (κ3) is 2.45. The molecule has 0 fully saturated rings. The van der Waals surface area contributed by atoms with Crippen LogP contribution in [-0.4, -0.2) is 5.78 Å². The lowest BCUT2D eigenvalue weighted by Crippen LogP contribution is -2.02. The summed E-state index contributed by atoms with van der Waals surface area (Å²) in [6, 6.07) is 14.5. The van der Waals surface area contributed by atoms with Crippen LogP contribution in [0.1, 0.15) is 16.1 Å². The second-order valence-corrected chi connectivity index (χ2v) is 5.25. The Kier molecular flexibility index (Phi) is 3.51. The summed E-state index contributed by atoms with van der Waals surface area (Å²) in [6.45, 7) is 0. The van der Waals surface area contributed by atoms with Crippen molar-refractivity contribution in [2.45, 2.75) is 6.42 Å². The molecule has 0 bridgehead atoms. The molecule has 0 aliphatic heterocycles. The molecule has 4 heteroatoms. The molecule has 1 aromatic heterocycles. The average Bonchev–Trinajstić information content (AvgIpc) is 2.88. The van der Waals surface area contributed by atoms with Gasteiger partial charge in [-0.05, 0) is 23.8 Å². The van der Waals surface area contributed by atoms with Crippen LogP contribution in [0.5, 0.6) is 0 Å². The SMILES string of the molecule is O=C(Cc1cccc(Cl)c1Cl)c1cc2ccccc2o1. The second kappa shape index (κ2) is 5.31. The molecule has 0 saturated carbocycles. The molecule has 3 rings (SSSR count). The zero-order chi connectivity index (χ0) is 14.1. The first kappa shape index (κ1) is 13.2. The maximum atomic E-state index is 12.3. The maximum Gasteiger partial charge on any atom is 0.202 e. The maximum absolute atomic E-state index is 12.3. The van der Waals surface area contributed by atoms with Crippen molar-refractivity contribution in [1.82, 2.24) is 0 Å². The van der Waals surface area contributed by atoms with Gasteiger partial charge in [-0.2, -0.15) is 0 Å². The number of Topliss-reactive ketones (excluding diaryl/α,β-unsaturated/α-hetero) is 1. The number of rotatable bonds is 3. The van der Waals surface area contributed by atoms with Crippen LogP contribution in [0.25, 0.3) is 11.0 Å². The Hall–Kier alpha value is -1.77. The molecule has 0 saturated heterocycles. The summed E-state index contributed by atoms with van der Waals surface area (Å²) in [7, 11) is 0. The monoisotopic (exact) mass is 304 g/mol. The predicted octanol–water partition coefficient (Wildman–Crippen LogP) is 5.17. The fourth-order valence-corrected chi connectivity index (χ4v) is 2.45. The Bertz CT molecular complexity index is 757. The molecular weight excluding hydrogens is 295 g/mol. The van der Waals surface area contributed by atoms with Crippen LogP contribution in [-0.2, 0) is 6.42 Å². The highest BCUT2D eigenvalue weighted by Gasteiger charge is 2.15. The van der Waals surface area contributed by atoms with Gasteiger partial charge in [0.15, 0.2) is 5.76 Å². The lowest BCUT2D eigenvalue weighted by Gasteiger charge is -2.03. The zero-order valence-corrected chi connectivity index (χ0v) is 11.9. The predicted molar refractivity (Wildman–Crippen MR) is 80.7 cm³/mol. The van der Waals surface area contributed by atoms with Crippen molar-refractivity contribution in [2.24, 2.45) is 0 Å². The number of ketones is 1. The van der Waals surface area contributed by atoms with E-state index in [0.29, 0.717) is 27.0 Å². The molecule has 100 valence electrons. The third-order valence-electron chi connectivity index (χ3n) is 3.08. The summed E-state index contributed by atoms with van der Waals surface area (Å²) >= 11 is 12.0. The highest BCUT2D eigenvalue weighted by molar-refractivity contribution is 6.42. The van der Waals surface area contributed by atoms with Crippen LogP contribution in [0.3, 0.4) is 0 Å². The Balaban J connectivity index is 1.91. The van der Waals surface area contributed by atoms with Gasteiger partial charge in [-0.3, -0.25) is 4.79 Å². The van der Waals surface area contributed by atoms with E-state index in [4.69, 9.17) is 27.6 Å². The number of carbonyl (C=O) groups excluding carboxylic acids is 1. The molecular formula is C16H10Cl2O2. The summed E-state index contributed by atoms with van der Waals surface area (Å²) in [6.07, 6.45) is 0.166. The van der Waals surface area contributed by atoms with Gasteiger partial charge in [-0.1, -0.05) is 53.5 Å². The van der Waals surface area contributed by atoms with Crippen molar-refractivity contribution in [3.05, 3.63) is 69.9 Å². The summed E-state index contributed by atoms with van der Waals surface area (Å²) < 4.78 is 5.55. The molecule has 0 N–H and O–H groups in total. The van der Waals surface area contributed by atoms with Crippen LogP contribution in [0.15, 0.2) is 52.9 Å². The Morgan fingerprint density at radius 1 is 1.05 bits per heavy atom. The minimum atomic E-state index is -0.120. The fourth-order valence-electron chi connectivity index (χ4n) is 2.06. The molecule has 0 spiro atoms. The van der Waals surface area contributed by atoms with E-state index in [0.717, 1.165) is 5.39 Å². The topological polar surface area (TPSA) is 30.2 Å². The number of halogens is 2. The Labute approximate surface area is 125 Å². The minimum absolute atomic E-state index is 0.120. The number of hydrogen-bond donors (Lipinski definition) is 0. The zero-order valence-electron chi connectivity index (χ0n) is 10.4. The Morgan fingerprint density at radius 2 is 1.85 bits per heavy atom. The van der Waals surface area contributed by atoms with E-state index in [-0.39, 0.29) is 12.2 Å². The van der Waals surface area contributed by atoms with Crippen LogP contribution >= 0.6 is 23.2 Å². The first-order valence-corrected chi connectivity index (χ1v) is 6.85. The second-order valence-electron chi connectivity index (χ2n) is 4.46. The van der Waals surface area contributed by atoms with Gasteiger partial charge >= 0.3 is 0 Å². The molecule has 0 unspecified atom stereocenters. The normalized spacial score (nSPS) is 10.9. The number of furan rings is 1. The number of carbonyl (C=O) groups is 1.